The van der Waals surface area contributed by atoms with Gasteiger partial charge in [0.25, 0.3) is 8.32 Å². The quantitative estimate of drug-likeness (QED) is 0.134. The van der Waals surface area contributed by atoms with Crippen LogP contribution in [0.1, 0.15) is 38.9 Å². The van der Waals surface area contributed by atoms with E-state index in [1.165, 1.54) is 0 Å². The normalized spacial score (nSPS) is 13.8. The van der Waals surface area contributed by atoms with Crippen LogP contribution in [0.4, 0.5) is 0 Å². The Hall–Kier alpha value is -3.77. The Kier molecular flexibility index (Phi) is 8.93. The number of hydrogen-bond donors (Lipinski definition) is 0. The largest absolute Gasteiger partial charge is 0.396 e. The van der Waals surface area contributed by atoms with Gasteiger partial charge in [0.2, 0.25) is 0 Å². The summed E-state index contributed by atoms with van der Waals surface area (Å²) in [6.07, 6.45) is -0.310. The van der Waals surface area contributed by atoms with E-state index in [2.05, 4.69) is 57.2 Å². The minimum Gasteiger partial charge on any atom is -0.396 e. The fourth-order valence-corrected chi connectivity index (χ4v) is 12.0. The summed E-state index contributed by atoms with van der Waals surface area (Å²) in [7, 11) is -7.06. The molecule has 5 rings (SSSR count). The summed E-state index contributed by atoms with van der Waals surface area (Å²) in [5.41, 5.74) is 0.574. The van der Waals surface area contributed by atoms with Crippen LogP contribution in [0.5, 0.6) is 0 Å². The molecule has 0 aliphatic heterocycles. The van der Waals surface area contributed by atoms with Crippen molar-refractivity contribution >= 4 is 33.7 Å². The molecule has 214 valence electrons. The minimum atomic E-state index is -3.80. The van der Waals surface area contributed by atoms with Crippen molar-refractivity contribution in [1.82, 2.24) is 0 Å². The van der Waals surface area contributed by atoms with Crippen LogP contribution in [0, 0.1) is 5.41 Å². The van der Waals surface area contributed by atoms with Crippen molar-refractivity contribution in [3.05, 3.63) is 157 Å². The SMILES string of the molecule is CC(C)(C)C[C@H]([C@H](O[Si](c1ccccc1)(c1ccccc1)c1ccccc1)c1ccccc1)S(=O)(=O)c1ccccc1. The molecular weight excluding hydrogens is 553 g/mol. The van der Waals surface area contributed by atoms with Gasteiger partial charge in [-0.15, -0.1) is 0 Å². The zero-order valence-corrected chi connectivity index (χ0v) is 26.2. The molecule has 42 heavy (non-hydrogen) atoms. The third kappa shape index (κ3) is 6.34. The number of hydrogen-bond acceptors (Lipinski definition) is 3. The molecule has 2 atom stereocenters. The smallest absolute Gasteiger partial charge is 0.288 e. The van der Waals surface area contributed by atoms with Gasteiger partial charge < -0.3 is 4.43 Å². The first-order chi connectivity index (χ1) is 20.2. The molecule has 0 radical (unpaired) electrons. The Bertz CT molecular complexity index is 1560. The minimum absolute atomic E-state index is 0.278. The highest BCUT2D eigenvalue weighted by atomic mass is 32.2. The lowest BCUT2D eigenvalue weighted by Crippen LogP contribution is -2.70. The van der Waals surface area contributed by atoms with Crippen molar-refractivity contribution in [1.29, 1.82) is 0 Å². The summed E-state index contributed by atoms with van der Waals surface area (Å²) < 4.78 is 37.0. The van der Waals surface area contributed by atoms with E-state index in [1.807, 2.05) is 91.0 Å². The van der Waals surface area contributed by atoms with Crippen LogP contribution < -0.4 is 15.6 Å². The molecule has 0 fully saturated rings. The topological polar surface area (TPSA) is 43.4 Å². The van der Waals surface area contributed by atoms with Gasteiger partial charge in [-0.05, 0) is 45.1 Å². The number of sulfone groups is 1. The first kappa shape index (κ1) is 29.7. The van der Waals surface area contributed by atoms with Crippen molar-refractivity contribution < 1.29 is 12.8 Å². The molecule has 3 nitrogen and oxygen atoms in total. The molecular formula is C37H38O3SSi. The lowest BCUT2D eigenvalue weighted by molar-refractivity contribution is 0.175. The van der Waals surface area contributed by atoms with Gasteiger partial charge in [0.05, 0.1) is 16.2 Å². The van der Waals surface area contributed by atoms with E-state index >= 15 is 0 Å². The molecule has 5 aromatic rings. The molecule has 0 amide bonds. The molecule has 0 aliphatic rings. The maximum absolute atomic E-state index is 14.7. The van der Waals surface area contributed by atoms with Gasteiger partial charge in [-0.25, -0.2) is 8.42 Å². The lowest BCUT2D eigenvalue weighted by atomic mass is 9.87. The third-order valence-electron chi connectivity index (χ3n) is 7.59. The highest BCUT2D eigenvalue weighted by Gasteiger charge is 2.48. The van der Waals surface area contributed by atoms with Gasteiger partial charge in [-0.2, -0.15) is 0 Å². The van der Waals surface area contributed by atoms with Crippen LogP contribution in [-0.4, -0.2) is 22.0 Å². The van der Waals surface area contributed by atoms with E-state index in [9.17, 15) is 8.42 Å². The highest BCUT2D eigenvalue weighted by molar-refractivity contribution is 7.92. The third-order valence-corrected chi connectivity index (χ3v) is 13.8. The van der Waals surface area contributed by atoms with Crippen LogP contribution in [0.15, 0.2) is 157 Å². The summed E-state index contributed by atoms with van der Waals surface area (Å²) >= 11 is 0. The van der Waals surface area contributed by atoms with E-state index in [0.29, 0.717) is 11.3 Å². The fraction of sp³-hybridized carbons (Fsp3) is 0.189. The van der Waals surface area contributed by atoms with E-state index in [-0.39, 0.29) is 5.41 Å². The van der Waals surface area contributed by atoms with Gasteiger partial charge in [0.1, 0.15) is 0 Å². The van der Waals surface area contributed by atoms with E-state index < -0.39 is 29.5 Å². The molecule has 0 aromatic heterocycles. The first-order valence-corrected chi connectivity index (χ1v) is 17.9. The van der Waals surface area contributed by atoms with Gasteiger partial charge >= 0.3 is 0 Å². The van der Waals surface area contributed by atoms with E-state index in [4.69, 9.17) is 4.43 Å². The molecule has 0 saturated carbocycles. The number of rotatable bonds is 10. The predicted molar refractivity (Wildman–Crippen MR) is 176 cm³/mol. The van der Waals surface area contributed by atoms with Crippen molar-refractivity contribution in [3.63, 3.8) is 0 Å². The number of benzene rings is 5. The summed E-state index contributed by atoms with van der Waals surface area (Å²) in [5, 5.41) is 2.37. The Labute approximate surface area is 251 Å². The van der Waals surface area contributed by atoms with Crippen LogP contribution in [0.3, 0.4) is 0 Å². The maximum Gasteiger partial charge on any atom is 0.288 e. The van der Waals surface area contributed by atoms with E-state index in [0.717, 1.165) is 21.1 Å². The average Bonchev–Trinajstić information content (AvgIpc) is 3.02. The predicted octanol–water partition coefficient (Wildman–Crippen LogP) is 6.69. The van der Waals surface area contributed by atoms with Crippen LogP contribution in [-0.2, 0) is 14.3 Å². The monoisotopic (exact) mass is 590 g/mol. The Morgan fingerprint density at radius 3 is 1.31 bits per heavy atom. The van der Waals surface area contributed by atoms with Crippen molar-refractivity contribution in [2.75, 3.05) is 0 Å². The van der Waals surface area contributed by atoms with Gasteiger partial charge in [0.15, 0.2) is 9.84 Å². The molecule has 5 aromatic carbocycles. The van der Waals surface area contributed by atoms with Crippen molar-refractivity contribution in [3.8, 4) is 0 Å². The second-order valence-corrected chi connectivity index (χ2v) is 17.4. The lowest BCUT2D eigenvalue weighted by Gasteiger charge is -2.40. The highest BCUT2D eigenvalue weighted by Crippen LogP contribution is 2.39. The maximum atomic E-state index is 14.7. The molecule has 0 aliphatic carbocycles. The first-order valence-electron chi connectivity index (χ1n) is 14.4. The Morgan fingerprint density at radius 2 is 0.929 bits per heavy atom. The second-order valence-electron chi connectivity index (χ2n) is 11.9. The van der Waals surface area contributed by atoms with Gasteiger partial charge in [0, 0.05) is 0 Å². The molecule has 0 saturated heterocycles. The summed E-state index contributed by atoms with van der Waals surface area (Å²) in [6, 6.07) is 49.7. The summed E-state index contributed by atoms with van der Waals surface area (Å²) in [5.74, 6) is 0. The van der Waals surface area contributed by atoms with Crippen LogP contribution >= 0.6 is 0 Å². The summed E-state index contributed by atoms with van der Waals surface area (Å²) in [6.45, 7) is 6.29. The Morgan fingerprint density at radius 1 is 0.571 bits per heavy atom. The molecule has 0 unspecified atom stereocenters. The summed E-state index contributed by atoms with van der Waals surface area (Å²) in [4.78, 5) is 0.315. The molecule has 0 heterocycles. The van der Waals surface area contributed by atoms with Crippen LogP contribution in [0.2, 0.25) is 0 Å². The molecule has 0 spiro atoms. The average molecular weight is 591 g/mol. The fourth-order valence-electron chi connectivity index (χ4n) is 5.68. The zero-order chi connectivity index (χ0) is 29.6. The van der Waals surface area contributed by atoms with Crippen molar-refractivity contribution in [2.45, 2.75) is 43.4 Å². The van der Waals surface area contributed by atoms with E-state index in [1.54, 1.807) is 24.3 Å². The van der Waals surface area contributed by atoms with Crippen LogP contribution in [0.25, 0.3) is 0 Å². The molecule has 5 heteroatoms. The van der Waals surface area contributed by atoms with Gasteiger partial charge in [-0.1, -0.05) is 160 Å². The zero-order valence-electron chi connectivity index (χ0n) is 24.4. The Balaban J connectivity index is 1.82. The second kappa shape index (κ2) is 12.6. The van der Waals surface area contributed by atoms with Crippen molar-refractivity contribution in [2.24, 2.45) is 5.41 Å². The molecule has 0 bridgehead atoms. The standard InChI is InChI=1S/C37H38O3SSi/c1-37(2,3)29-35(41(38,39)31-21-11-5-12-22-31)36(30-19-9-4-10-20-30)40-42(32-23-13-6-14-24-32,33-25-15-7-16-26-33)34-27-17-8-18-28-34/h4-28,35-36H,29H2,1-3H3/t35-,36-/m1/s1. The molecule has 0 N–H and O–H groups in total. The van der Waals surface area contributed by atoms with Gasteiger partial charge in [-0.3, -0.25) is 0 Å².